The first-order valence-corrected chi connectivity index (χ1v) is 5.93. The number of rotatable bonds is 5. The molecular weight excluding hydrogens is 258 g/mol. The number of nitrogens with zero attached hydrogens (tertiary/aromatic N) is 2. The van der Waals surface area contributed by atoms with Gasteiger partial charge in [-0.1, -0.05) is 23.2 Å². The zero-order valence-corrected chi connectivity index (χ0v) is 10.9. The van der Waals surface area contributed by atoms with E-state index in [9.17, 15) is 4.79 Å². The van der Waals surface area contributed by atoms with Crippen molar-refractivity contribution in [3.05, 3.63) is 41.5 Å². The fourth-order valence-electron chi connectivity index (χ4n) is 1.55. The van der Waals surface area contributed by atoms with E-state index in [-0.39, 0.29) is 19.1 Å². The third-order valence-corrected chi connectivity index (χ3v) is 2.41. The van der Waals surface area contributed by atoms with Crippen LogP contribution in [0.3, 0.4) is 0 Å². The molecule has 1 heterocycles. The maximum Gasteiger partial charge on any atom is 0.255 e. The van der Waals surface area contributed by atoms with E-state index < -0.39 is 0 Å². The van der Waals surface area contributed by atoms with Gasteiger partial charge < -0.3 is 14.6 Å². The molecule has 2 rings (SSSR count). The van der Waals surface area contributed by atoms with Gasteiger partial charge in [-0.25, -0.2) is 0 Å². The molecular formula is C14H13N3O3. The highest BCUT2D eigenvalue weighted by molar-refractivity contribution is 5.97. The summed E-state index contributed by atoms with van der Waals surface area (Å²) in [6.07, 6.45) is 5.11. The van der Waals surface area contributed by atoms with Gasteiger partial charge >= 0.3 is 0 Å². The first-order chi connectivity index (χ1) is 9.70. The van der Waals surface area contributed by atoms with Gasteiger partial charge in [0, 0.05) is 6.92 Å². The van der Waals surface area contributed by atoms with E-state index >= 15 is 0 Å². The molecule has 0 radical (unpaired) electrons. The number of terminal acetylenes is 1. The monoisotopic (exact) mass is 271 g/mol. The molecule has 1 amide bonds. The fourth-order valence-corrected chi connectivity index (χ4v) is 1.55. The minimum absolute atomic E-state index is 0.122. The molecule has 6 heteroatoms. The summed E-state index contributed by atoms with van der Waals surface area (Å²) in [5.41, 5.74) is 0.406. The summed E-state index contributed by atoms with van der Waals surface area (Å²) in [7, 11) is 0. The third-order valence-electron chi connectivity index (χ3n) is 2.41. The van der Waals surface area contributed by atoms with Crippen molar-refractivity contribution in [1.82, 2.24) is 15.5 Å². The van der Waals surface area contributed by atoms with Gasteiger partial charge in [0.2, 0.25) is 11.7 Å². The normalized spacial score (nSPS) is 9.80. The lowest BCUT2D eigenvalue weighted by Crippen LogP contribution is -2.24. The number of hydrogen-bond acceptors (Lipinski definition) is 5. The first-order valence-electron chi connectivity index (χ1n) is 5.93. The Labute approximate surface area is 116 Å². The van der Waals surface area contributed by atoms with Crippen molar-refractivity contribution in [3.8, 4) is 18.1 Å². The Hall–Kier alpha value is -2.81. The molecule has 0 aliphatic carbocycles. The van der Waals surface area contributed by atoms with E-state index in [1.165, 1.54) is 0 Å². The molecule has 0 saturated carbocycles. The highest BCUT2D eigenvalue weighted by Crippen LogP contribution is 2.18. The van der Waals surface area contributed by atoms with E-state index in [4.69, 9.17) is 15.7 Å². The Morgan fingerprint density at radius 1 is 1.50 bits per heavy atom. The van der Waals surface area contributed by atoms with Gasteiger partial charge in [0.05, 0.1) is 12.1 Å². The number of hydrogen-bond donors (Lipinski definition) is 1. The number of amides is 1. The molecule has 0 fully saturated rings. The van der Waals surface area contributed by atoms with Gasteiger partial charge in [0.1, 0.15) is 5.75 Å². The Balaban J connectivity index is 2.08. The maximum atomic E-state index is 11.9. The number of nitrogens with one attached hydrogen (secondary N) is 1. The second-order valence-electron chi connectivity index (χ2n) is 3.90. The minimum Gasteiger partial charge on any atom is -0.485 e. The lowest BCUT2D eigenvalue weighted by atomic mass is 10.2. The Morgan fingerprint density at radius 2 is 2.30 bits per heavy atom. The fraction of sp³-hybridized carbons (Fsp3) is 0.214. The average molecular weight is 271 g/mol. The van der Waals surface area contributed by atoms with Gasteiger partial charge in [0.25, 0.3) is 5.91 Å². The van der Waals surface area contributed by atoms with Gasteiger partial charge in [-0.15, -0.1) is 6.42 Å². The van der Waals surface area contributed by atoms with Crippen LogP contribution in [0.25, 0.3) is 0 Å². The van der Waals surface area contributed by atoms with Crippen molar-refractivity contribution in [2.24, 2.45) is 0 Å². The molecule has 1 aromatic heterocycles. The molecule has 0 aliphatic rings. The van der Waals surface area contributed by atoms with E-state index in [0.29, 0.717) is 23.0 Å². The molecule has 0 atom stereocenters. The zero-order valence-electron chi connectivity index (χ0n) is 10.9. The Morgan fingerprint density at radius 3 is 3.00 bits per heavy atom. The van der Waals surface area contributed by atoms with Gasteiger partial charge in [-0.2, -0.15) is 4.98 Å². The van der Waals surface area contributed by atoms with Crippen LogP contribution >= 0.6 is 0 Å². The number of aryl methyl sites for hydroxylation is 1. The predicted molar refractivity (Wildman–Crippen MR) is 71.0 cm³/mol. The summed E-state index contributed by atoms with van der Waals surface area (Å²) in [6, 6.07) is 6.87. The summed E-state index contributed by atoms with van der Waals surface area (Å²) in [5.74, 6) is 3.37. The van der Waals surface area contributed by atoms with Crippen LogP contribution in [0, 0.1) is 19.3 Å². The second kappa shape index (κ2) is 6.38. The summed E-state index contributed by atoms with van der Waals surface area (Å²) in [4.78, 5) is 15.9. The summed E-state index contributed by atoms with van der Waals surface area (Å²) in [6.45, 7) is 1.98. The Kier molecular flexibility index (Phi) is 4.35. The van der Waals surface area contributed by atoms with Crippen molar-refractivity contribution < 1.29 is 14.1 Å². The van der Waals surface area contributed by atoms with Gasteiger partial charge in [-0.05, 0) is 12.1 Å². The SMILES string of the molecule is C#CCNC(=O)c1ccccc1OCc1noc(C)n1. The molecule has 102 valence electrons. The number of para-hydroxylation sites is 1. The number of carbonyl (C=O) groups is 1. The molecule has 0 saturated heterocycles. The van der Waals surface area contributed by atoms with E-state index in [1.807, 2.05) is 0 Å². The molecule has 0 aliphatic heterocycles. The van der Waals surface area contributed by atoms with Crippen LogP contribution < -0.4 is 10.1 Å². The van der Waals surface area contributed by atoms with Crippen LogP contribution in [-0.2, 0) is 6.61 Å². The van der Waals surface area contributed by atoms with Crippen LogP contribution in [0.4, 0.5) is 0 Å². The molecule has 2 aromatic rings. The van der Waals surface area contributed by atoms with Crippen molar-refractivity contribution in [2.45, 2.75) is 13.5 Å². The summed E-state index contributed by atoms with van der Waals surface area (Å²) >= 11 is 0. The lowest BCUT2D eigenvalue weighted by Gasteiger charge is -2.09. The van der Waals surface area contributed by atoms with Crippen molar-refractivity contribution in [2.75, 3.05) is 6.54 Å². The molecule has 6 nitrogen and oxygen atoms in total. The summed E-state index contributed by atoms with van der Waals surface area (Å²) < 4.78 is 10.4. The van der Waals surface area contributed by atoms with Crippen LogP contribution in [-0.4, -0.2) is 22.6 Å². The van der Waals surface area contributed by atoms with E-state index in [1.54, 1.807) is 31.2 Å². The largest absolute Gasteiger partial charge is 0.485 e. The van der Waals surface area contributed by atoms with Gasteiger partial charge in [-0.3, -0.25) is 4.79 Å². The van der Waals surface area contributed by atoms with Crippen molar-refractivity contribution in [1.29, 1.82) is 0 Å². The van der Waals surface area contributed by atoms with Crippen LogP contribution in [0.1, 0.15) is 22.1 Å². The quantitative estimate of drug-likeness (QED) is 0.830. The summed E-state index contributed by atoms with van der Waals surface area (Å²) in [5, 5.41) is 6.30. The molecule has 0 bridgehead atoms. The predicted octanol–water partition coefficient (Wildman–Crippen LogP) is 1.32. The standard InChI is InChI=1S/C14H13N3O3/c1-3-8-15-14(18)11-6-4-5-7-12(11)19-9-13-16-10(2)20-17-13/h1,4-7H,8-9H2,2H3,(H,15,18). The maximum absolute atomic E-state index is 11.9. The molecule has 0 unspecified atom stereocenters. The zero-order chi connectivity index (χ0) is 14.4. The lowest BCUT2D eigenvalue weighted by molar-refractivity contribution is 0.0954. The minimum atomic E-state index is -0.289. The number of carbonyl (C=O) groups excluding carboxylic acids is 1. The first kappa shape index (κ1) is 13.6. The van der Waals surface area contributed by atoms with Crippen molar-refractivity contribution >= 4 is 5.91 Å². The highest BCUT2D eigenvalue weighted by Gasteiger charge is 2.12. The van der Waals surface area contributed by atoms with Crippen LogP contribution in [0.2, 0.25) is 0 Å². The smallest absolute Gasteiger partial charge is 0.255 e. The molecule has 1 N–H and O–H groups in total. The molecule has 1 aromatic carbocycles. The van der Waals surface area contributed by atoms with Crippen LogP contribution in [0.5, 0.6) is 5.75 Å². The highest BCUT2D eigenvalue weighted by atomic mass is 16.5. The van der Waals surface area contributed by atoms with Crippen molar-refractivity contribution in [3.63, 3.8) is 0 Å². The van der Waals surface area contributed by atoms with Gasteiger partial charge in [0.15, 0.2) is 6.61 Å². The Bertz CT molecular complexity index is 643. The molecule has 0 spiro atoms. The van der Waals surface area contributed by atoms with E-state index in [0.717, 1.165) is 0 Å². The molecule has 20 heavy (non-hydrogen) atoms. The average Bonchev–Trinajstić information content (AvgIpc) is 2.88. The van der Waals surface area contributed by atoms with E-state index in [2.05, 4.69) is 21.4 Å². The number of benzene rings is 1. The third kappa shape index (κ3) is 3.36. The number of aromatic nitrogens is 2. The second-order valence-corrected chi connectivity index (χ2v) is 3.90. The topological polar surface area (TPSA) is 77.2 Å². The number of ether oxygens (including phenoxy) is 1. The van der Waals surface area contributed by atoms with Crippen LogP contribution in [0.15, 0.2) is 28.8 Å².